The van der Waals surface area contributed by atoms with Crippen molar-refractivity contribution in [1.82, 2.24) is 0 Å². The van der Waals surface area contributed by atoms with E-state index < -0.39 is 0 Å². The second-order valence-corrected chi connectivity index (χ2v) is 4.83. The van der Waals surface area contributed by atoms with Crippen LogP contribution in [0.4, 0.5) is 5.69 Å². The Morgan fingerprint density at radius 3 is 1.86 bits per heavy atom. The molecule has 0 saturated carbocycles. The minimum Gasteiger partial charge on any atom is -0.397 e. The lowest BCUT2D eigenvalue weighted by Gasteiger charge is -2.11. The minimum atomic E-state index is 0.509. The standard InChI is InChI=1S/C19H14N2/c20-13-17-11-16(14-7-3-1-4-8-14)12-18(19(17)21)15-9-5-2-6-10-15/h1-12H,21H2. The third-order valence-electron chi connectivity index (χ3n) is 3.49. The van der Waals surface area contributed by atoms with Crippen LogP contribution in [0.25, 0.3) is 22.3 Å². The lowest BCUT2D eigenvalue weighted by Crippen LogP contribution is -1.96. The summed E-state index contributed by atoms with van der Waals surface area (Å²) in [6.45, 7) is 0. The van der Waals surface area contributed by atoms with Crippen LogP contribution in [0.5, 0.6) is 0 Å². The van der Waals surface area contributed by atoms with Gasteiger partial charge in [0.05, 0.1) is 11.3 Å². The fraction of sp³-hybridized carbons (Fsp3) is 0. The maximum absolute atomic E-state index is 9.33. The molecule has 2 heteroatoms. The lowest BCUT2D eigenvalue weighted by atomic mass is 9.94. The predicted octanol–water partition coefficient (Wildman–Crippen LogP) is 4.47. The molecule has 3 rings (SSSR count). The zero-order chi connectivity index (χ0) is 14.7. The number of nitrogen functional groups attached to an aromatic ring is 1. The highest BCUT2D eigenvalue weighted by Crippen LogP contribution is 2.33. The SMILES string of the molecule is N#Cc1cc(-c2ccccc2)cc(-c2ccccc2)c1N. The van der Waals surface area contributed by atoms with Gasteiger partial charge in [-0.25, -0.2) is 0 Å². The van der Waals surface area contributed by atoms with Crippen LogP contribution in [0.1, 0.15) is 5.56 Å². The molecule has 21 heavy (non-hydrogen) atoms. The third-order valence-corrected chi connectivity index (χ3v) is 3.49. The first-order valence-corrected chi connectivity index (χ1v) is 6.74. The largest absolute Gasteiger partial charge is 0.397 e. The molecule has 0 saturated heterocycles. The van der Waals surface area contributed by atoms with Gasteiger partial charge in [-0.1, -0.05) is 60.7 Å². The van der Waals surface area contributed by atoms with Crippen molar-refractivity contribution in [3.8, 4) is 28.3 Å². The van der Waals surface area contributed by atoms with Crippen molar-refractivity contribution < 1.29 is 0 Å². The molecule has 0 heterocycles. The van der Waals surface area contributed by atoms with E-state index in [1.165, 1.54) is 0 Å². The van der Waals surface area contributed by atoms with Crippen molar-refractivity contribution in [2.75, 3.05) is 5.73 Å². The Morgan fingerprint density at radius 2 is 1.29 bits per heavy atom. The highest BCUT2D eigenvalue weighted by molar-refractivity contribution is 5.85. The molecule has 0 aliphatic rings. The molecule has 0 unspecified atom stereocenters. The number of nitrogens with zero attached hydrogens (tertiary/aromatic N) is 1. The summed E-state index contributed by atoms with van der Waals surface area (Å²) in [5.41, 5.74) is 11.2. The molecule has 0 bridgehead atoms. The molecule has 0 amide bonds. The van der Waals surface area contributed by atoms with Crippen molar-refractivity contribution in [3.63, 3.8) is 0 Å². The van der Waals surface area contributed by atoms with E-state index in [4.69, 9.17) is 5.73 Å². The summed E-state index contributed by atoms with van der Waals surface area (Å²) in [7, 11) is 0. The van der Waals surface area contributed by atoms with Gasteiger partial charge in [0.2, 0.25) is 0 Å². The first kappa shape index (κ1) is 13.0. The topological polar surface area (TPSA) is 49.8 Å². The van der Waals surface area contributed by atoms with Gasteiger partial charge in [-0.05, 0) is 28.8 Å². The fourth-order valence-electron chi connectivity index (χ4n) is 2.40. The Kier molecular flexibility index (Phi) is 3.41. The Labute approximate surface area is 124 Å². The molecule has 2 N–H and O–H groups in total. The number of benzene rings is 3. The summed E-state index contributed by atoms with van der Waals surface area (Å²) in [6.07, 6.45) is 0. The van der Waals surface area contributed by atoms with Gasteiger partial charge in [-0.2, -0.15) is 5.26 Å². The molecule has 0 aliphatic carbocycles. The Bertz CT molecular complexity index is 800. The molecule has 0 atom stereocenters. The molecule has 3 aromatic rings. The third kappa shape index (κ3) is 2.50. The van der Waals surface area contributed by atoms with E-state index in [-0.39, 0.29) is 0 Å². The average Bonchev–Trinajstić information content (AvgIpc) is 2.56. The lowest BCUT2D eigenvalue weighted by molar-refractivity contribution is 1.48. The molecular formula is C19H14N2. The summed E-state index contributed by atoms with van der Waals surface area (Å²) >= 11 is 0. The van der Waals surface area contributed by atoms with Crippen LogP contribution in [0.3, 0.4) is 0 Å². The Morgan fingerprint density at radius 1 is 0.714 bits per heavy atom. The monoisotopic (exact) mass is 270 g/mol. The summed E-state index contributed by atoms with van der Waals surface area (Å²) in [5, 5.41) is 9.33. The second kappa shape index (κ2) is 5.52. The van der Waals surface area contributed by atoms with Crippen molar-refractivity contribution >= 4 is 5.69 Å². The molecule has 0 aromatic heterocycles. The van der Waals surface area contributed by atoms with Crippen LogP contribution in [0, 0.1) is 11.3 Å². The highest BCUT2D eigenvalue weighted by atomic mass is 14.6. The Balaban J connectivity index is 2.24. The van der Waals surface area contributed by atoms with Gasteiger partial charge in [0, 0.05) is 5.56 Å². The van der Waals surface area contributed by atoms with E-state index in [9.17, 15) is 5.26 Å². The second-order valence-electron chi connectivity index (χ2n) is 4.83. The van der Waals surface area contributed by atoms with Crippen LogP contribution in [-0.4, -0.2) is 0 Å². The summed E-state index contributed by atoms with van der Waals surface area (Å²) in [5.74, 6) is 0. The van der Waals surface area contributed by atoms with Gasteiger partial charge in [0.25, 0.3) is 0 Å². The maximum atomic E-state index is 9.33. The Hall–Kier alpha value is -3.05. The zero-order valence-corrected chi connectivity index (χ0v) is 11.5. The van der Waals surface area contributed by atoms with E-state index in [2.05, 4.69) is 6.07 Å². The number of nitriles is 1. The summed E-state index contributed by atoms with van der Waals surface area (Å²) in [6, 6.07) is 26.0. The number of rotatable bonds is 2. The smallest absolute Gasteiger partial charge is 0.101 e. The average molecular weight is 270 g/mol. The number of nitrogens with two attached hydrogens (primary N) is 1. The number of anilines is 1. The quantitative estimate of drug-likeness (QED) is 0.698. The van der Waals surface area contributed by atoms with Crippen molar-refractivity contribution in [2.24, 2.45) is 0 Å². The first-order chi connectivity index (χ1) is 10.3. The molecule has 3 aromatic carbocycles. The van der Waals surface area contributed by atoms with E-state index in [1.54, 1.807) is 0 Å². The van der Waals surface area contributed by atoms with Gasteiger partial charge in [-0.3, -0.25) is 0 Å². The predicted molar refractivity (Wildman–Crippen MR) is 86.4 cm³/mol. The van der Waals surface area contributed by atoms with Crippen LogP contribution in [-0.2, 0) is 0 Å². The van der Waals surface area contributed by atoms with Crippen LogP contribution >= 0.6 is 0 Å². The van der Waals surface area contributed by atoms with Crippen molar-refractivity contribution in [2.45, 2.75) is 0 Å². The zero-order valence-electron chi connectivity index (χ0n) is 11.5. The van der Waals surface area contributed by atoms with Gasteiger partial charge in [0.15, 0.2) is 0 Å². The van der Waals surface area contributed by atoms with Gasteiger partial charge in [-0.15, -0.1) is 0 Å². The number of hydrogen-bond acceptors (Lipinski definition) is 2. The normalized spacial score (nSPS) is 10.0. The molecule has 100 valence electrons. The molecular weight excluding hydrogens is 256 g/mol. The van der Waals surface area contributed by atoms with Gasteiger partial charge < -0.3 is 5.73 Å². The maximum Gasteiger partial charge on any atom is 0.101 e. The molecule has 2 nitrogen and oxygen atoms in total. The molecule has 0 spiro atoms. The minimum absolute atomic E-state index is 0.509. The van der Waals surface area contributed by atoms with Crippen LogP contribution in [0.15, 0.2) is 72.8 Å². The van der Waals surface area contributed by atoms with Crippen LogP contribution in [0.2, 0.25) is 0 Å². The van der Waals surface area contributed by atoms with Crippen LogP contribution < -0.4 is 5.73 Å². The van der Waals surface area contributed by atoms with E-state index in [0.717, 1.165) is 22.3 Å². The van der Waals surface area contributed by atoms with E-state index >= 15 is 0 Å². The first-order valence-electron chi connectivity index (χ1n) is 6.74. The number of hydrogen-bond donors (Lipinski definition) is 1. The van der Waals surface area contributed by atoms with Gasteiger partial charge in [0.1, 0.15) is 6.07 Å². The van der Waals surface area contributed by atoms with E-state index in [0.29, 0.717) is 11.3 Å². The van der Waals surface area contributed by atoms with Crippen molar-refractivity contribution in [1.29, 1.82) is 5.26 Å². The molecule has 0 fully saturated rings. The summed E-state index contributed by atoms with van der Waals surface area (Å²) < 4.78 is 0. The molecule has 0 radical (unpaired) electrons. The molecule has 0 aliphatic heterocycles. The van der Waals surface area contributed by atoms with Crippen molar-refractivity contribution in [3.05, 3.63) is 78.4 Å². The highest BCUT2D eigenvalue weighted by Gasteiger charge is 2.10. The van der Waals surface area contributed by atoms with E-state index in [1.807, 2.05) is 72.8 Å². The summed E-state index contributed by atoms with van der Waals surface area (Å²) in [4.78, 5) is 0. The van der Waals surface area contributed by atoms with Gasteiger partial charge >= 0.3 is 0 Å². The fourth-order valence-corrected chi connectivity index (χ4v) is 2.40.